The maximum Gasteiger partial charge on any atom is 0.133 e. The van der Waals surface area contributed by atoms with E-state index in [2.05, 4.69) is 76.3 Å². The zero-order valence-corrected chi connectivity index (χ0v) is 16.8. The highest BCUT2D eigenvalue weighted by Crippen LogP contribution is 2.29. The first kappa shape index (κ1) is 17.7. The highest BCUT2D eigenvalue weighted by Gasteiger charge is 2.32. The summed E-state index contributed by atoms with van der Waals surface area (Å²) < 4.78 is 0. The fraction of sp³-hybridized carbons (Fsp3) is 0.0769. The van der Waals surface area contributed by atoms with Crippen molar-refractivity contribution in [3.8, 4) is 0 Å². The van der Waals surface area contributed by atoms with Crippen LogP contribution in [-0.4, -0.2) is 22.1 Å². The van der Waals surface area contributed by atoms with Crippen LogP contribution in [0.25, 0.3) is 12.2 Å². The lowest BCUT2D eigenvalue weighted by Gasteiger charge is -2.30. The molecule has 1 aromatic carbocycles. The predicted molar refractivity (Wildman–Crippen MR) is 127 cm³/mol. The quantitative estimate of drug-likeness (QED) is 0.722. The standard InChI is InChI=1S/C26H21N5/c1-2-4-18(5-3-1)30-26-13-12-24(31-26)16-23-9-8-20(28-23)14-19-6-7-21(27-19)15-22-10-11-25(17-26)29-22/h1-12,14-17,27,30-31H,13H2. The Hall–Kier alpha value is -4.12. The van der Waals surface area contributed by atoms with Gasteiger partial charge in [0.05, 0.1) is 22.8 Å². The lowest BCUT2D eigenvalue weighted by Crippen LogP contribution is -2.46. The van der Waals surface area contributed by atoms with Crippen LogP contribution in [-0.2, 0) is 0 Å². The Morgan fingerprint density at radius 2 is 1.48 bits per heavy atom. The van der Waals surface area contributed by atoms with E-state index in [9.17, 15) is 0 Å². The number of allylic oxidation sites excluding steroid dienone is 5. The predicted octanol–water partition coefficient (Wildman–Crippen LogP) is 3.06. The molecule has 5 nitrogen and oxygen atoms in total. The van der Waals surface area contributed by atoms with E-state index in [0.717, 1.165) is 51.3 Å². The maximum absolute atomic E-state index is 4.82. The number of aromatic amines is 1. The molecule has 1 atom stereocenters. The van der Waals surface area contributed by atoms with Crippen molar-refractivity contribution in [3.63, 3.8) is 0 Å². The summed E-state index contributed by atoms with van der Waals surface area (Å²) in [4.78, 5) is 13.0. The molecule has 0 radical (unpaired) electrons. The topological polar surface area (TPSA) is 64.6 Å². The Kier molecular flexibility index (Phi) is 3.99. The number of aliphatic imine (C=N–C) groups is 2. The van der Waals surface area contributed by atoms with E-state index in [0.29, 0.717) is 0 Å². The van der Waals surface area contributed by atoms with E-state index in [1.165, 1.54) is 0 Å². The third-order valence-corrected chi connectivity index (χ3v) is 5.55. The molecule has 31 heavy (non-hydrogen) atoms. The molecule has 5 heteroatoms. The van der Waals surface area contributed by atoms with Crippen molar-refractivity contribution in [3.05, 3.63) is 113 Å². The fourth-order valence-corrected chi connectivity index (χ4v) is 4.16. The number of benzene rings is 1. The molecule has 4 aliphatic rings. The van der Waals surface area contributed by atoms with Crippen LogP contribution in [0.4, 0.5) is 5.69 Å². The van der Waals surface area contributed by atoms with E-state index >= 15 is 0 Å². The van der Waals surface area contributed by atoms with Gasteiger partial charge in [0.1, 0.15) is 5.66 Å². The molecule has 150 valence electrons. The molecule has 0 aliphatic carbocycles. The second kappa shape index (κ2) is 6.99. The van der Waals surface area contributed by atoms with Gasteiger partial charge in [-0.2, -0.15) is 0 Å². The maximum atomic E-state index is 4.82. The molecule has 0 amide bonds. The number of rotatable bonds is 2. The highest BCUT2D eigenvalue weighted by molar-refractivity contribution is 6.20. The zero-order chi connectivity index (χ0) is 20.7. The number of para-hydroxylation sites is 1. The minimum Gasteiger partial charge on any atom is -0.359 e. The summed E-state index contributed by atoms with van der Waals surface area (Å²) in [6.07, 6.45) is 19.5. The Morgan fingerprint density at radius 1 is 0.774 bits per heavy atom. The van der Waals surface area contributed by atoms with Crippen molar-refractivity contribution in [1.82, 2.24) is 10.3 Å². The summed E-state index contributed by atoms with van der Waals surface area (Å²) in [6, 6.07) is 14.4. The summed E-state index contributed by atoms with van der Waals surface area (Å²) in [7, 11) is 0. The molecule has 0 fully saturated rings. The van der Waals surface area contributed by atoms with Gasteiger partial charge in [0.25, 0.3) is 0 Å². The molecular formula is C26H21N5. The van der Waals surface area contributed by atoms with Gasteiger partial charge < -0.3 is 15.6 Å². The minimum absolute atomic E-state index is 0.468. The SMILES string of the molecule is C1=CC2=NC1=CC1=CCC(Nc3ccccc3)(C=C3C=CC(=N3)C=c3ccc([nH]3)=C2)N1. The van der Waals surface area contributed by atoms with Gasteiger partial charge in [-0.1, -0.05) is 24.3 Å². The summed E-state index contributed by atoms with van der Waals surface area (Å²) >= 11 is 0. The lowest BCUT2D eigenvalue weighted by atomic mass is 10.1. The molecular weight excluding hydrogens is 382 g/mol. The van der Waals surface area contributed by atoms with Crippen molar-refractivity contribution in [2.45, 2.75) is 12.1 Å². The zero-order valence-electron chi connectivity index (χ0n) is 16.8. The van der Waals surface area contributed by atoms with Crippen molar-refractivity contribution in [2.24, 2.45) is 9.98 Å². The van der Waals surface area contributed by atoms with Crippen molar-refractivity contribution in [2.75, 3.05) is 5.32 Å². The molecule has 8 bridgehead atoms. The van der Waals surface area contributed by atoms with Crippen LogP contribution in [0.1, 0.15) is 6.42 Å². The summed E-state index contributed by atoms with van der Waals surface area (Å²) in [5.74, 6) is 0. The smallest absolute Gasteiger partial charge is 0.133 e. The van der Waals surface area contributed by atoms with E-state index in [1.807, 2.05) is 36.4 Å². The van der Waals surface area contributed by atoms with Crippen molar-refractivity contribution in [1.29, 1.82) is 0 Å². The third kappa shape index (κ3) is 3.62. The van der Waals surface area contributed by atoms with Gasteiger partial charge in [-0.25, -0.2) is 9.98 Å². The summed E-state index contributed by atoms with van der Waals surface area (Å²) in [6.45, 7) is 0. The molecule has 2 aromatic rings. The summed E-state index contributed by atoms with van der Waals surface area (Å²) in [5, 5.41) is 9.37. The molecule has 3 N–H and O–H groups in total. The lowest BCUT2D eigenvalue weighted by molar-refractivity contribution is 0.544. The number of hydrogen-bond acceptors (Lipinski definition) is 4. The van der Waals surface area contributed by atoms with Gasteiger partial charge in [-0.05, 0) is 72.9 Å². The van der Waals surface area contributed by atoms with Crippen LogP contribution in [0.5, 0.6) is 0 Å². The van der Waals surface area contributed by atoms with E-state index in [-0.39, 0.29) is 0 Å². The summed E-state index contributed by atoms with van der Waals surface area (Å²) in [5.41, 5.74) is 5.33. The number of nitrogens with zero attached hydrogens (tertiary/aromatic N) is 2. The molecule has 1 aromatic heterocycles. The van der Waals surface area contributed by atoms with Crippen LogP contribution in [0, 0.1) is 0 Å². The number of hydrogen-bond donors (Lipinski definition) is 3. The average molecular weight is 403 g/mol. The first-order valence-corrected chi connectivity index (χ1v) is 10.4. The Labute approximate surface area is 180 Å². The first-order chi connectivity index (χ1) is 15.2. The van der Waals surface area contributed by atoms with Crippen LogP contribution >= 0.6 is 0 Å². The molecule has 0 saturated heterocycles. The monoisotopic (exact) mass is 403 g/mol. The number of nitrogens with one attached hydrogen (secondary N) is 3. The Balaban J connectivity index is 1.47. The minimum atomic E-state index is -0.468. The second-order valence-electron chi connectivity index (χ2n) is 7.99. The van der Waals surface area contributed by atoms with E-state index < -0.39 is 5.66 Å². The molecule has 4 aliphatic heterocycles. The molecule has 1 unspecified atom stereocenters. The normalized spacial score (nSPS) is 23.0. The third-order valence-electron chi connectivity index (χ3n) is 5.55. The van der Waals surface area contributed by atoms with Gasteiger partial charge >= 0.3 is 0 Å². The average Bonchev–Trinajstić information content (AvgIpc) is 3.54. The first-order valence-electron chi connectivity index (χ1n) is 10.4. The Morgan fingerprint density at radius 3 is 2.26 bits per heavy atom. The van der Waals surface area contributed by atoms with Gasteiger partial charge in [-0.15, -0.1) is 0 Å². The highest BCUT2D eigenvalue weighted by atomic mass is 15.2. The largest absolute Gasteiger partial charge is 0.359 e. The van der Waals surface area contributed by atoms with E-state index in [4.69, 9.17) is 9.98 Å². The second-order valence-corrected chi connectivity index (χ2v) is 7.99. The van der Waals surface area contributed by atoms with Gasteiger partial charge in [0.2, 0.25) is 0 Å². The number of fused-ring (bicyclic) bond motifs is 6. The number of H-pyrrole nitrogens is 1. The van der Waals surface area contributed by atoms with Gasteiger partial charge in [0.15, 0.2) is 0 Å². The fourth-order valence-electron chi connectivity index (χ4n) is 4.16. The van der Waals surface area contributed by atoms with Gasteiger partial charge in [-0.3, -0.25) is 0 Å². The molecule has 6 rings (SSSR count). The van der Waals surface area contributed by atoms with Crippen LogP contribution in [0.3, 0.4) is 0 Å². The van der Waals surface area contributed by atoms with Crippen molar-refractivity contribution >= 4 is 29.3 Å². The molecule has 0 saturated carbocycles. The Bertz CT molecular complexity index is 1390. The van der Waals surface area contributed by atoms with Crippen molar-refractivity contribution < 1.29 is 0 Å². The number of anilines is 1. The van der Waals surface area contributed by atoms with Crippen LogP contribution in [0.2, 0.25) is 0 Å². The number of aromatic nitrogens is 1. The van der Waals surface area contributed by atoms with Crippen LogP contribution < -0.4 is 21.3 Å². The molecule has 0 spiro atoms. The molecule has 5 heterocycles. The van der Waals surface area contributed by atoms with E-state index in [1.54, 1.807) is 0 Å². The van der Waals surface area contributed by atoms with Crippen LogP contribution in [0.15, 0.2) is 112 Å². The van der Waals surface area contributed by atoms with Gasteiger partial charge in [0, 0.05) is 28.5 Å².